The number of thiophene rings is 1. The Labute approximate surface area is 103 Å². The van der Waals surface area contributed by atoms with E-state index < -0.39 is 0 Å². The van der Waals surface area contributed by atoms with Crippen molar-refractivity contribution in [2.75, 3.05) is 0 Å². The monoisotopic (exact) mass is 237 g/mol. The SMILES string of the molecule is Cc1cc(CNC2CC(C(C)C)C2)sc1C. The highest BCUT2D eigenvalue weighted by Gasteiger charge is 2.30. The largest absolute Gasteiger partial charge is 0.309 e. The van der Waals surface area contributed by atoms with Gasteiger partial charge in [0.05, 0.1) is 0 Å². The topological polar surface area (TPSA) is 12.0 Å². The molecule has 0 radical (unpaired) electrons. The van der Waals surface area contributed by atoms with Crippen LogP contribution in [-0.4, -0.2) is 6.04 Å². The van der Waals surface area contributed by atoms with Gasteiger partial charge in [-0.3, -0.25) is 0 Å². The smallest absolute Gasteiger partial charge is 0.0302 e. The summed E-state index contributed by atoms with van der Waals surface area (Å²) in [4.78, 5) is 2.95. The van der Waals surface area contributed by atoms with Gasteiger partial charge in [0.25, 0.3) is 0 Å². The Morgan fingerprint density at radius 3 is 2.56 bits per heavy atom. The Bertz CT molecular complexity index is 328. The summed E-state index contributed by atoms with van der Waals surface area (Å²) in [5.74, 6) is 1.83. The lowest BCUT2D eigenvalue weighted by Crippen LogP contribution is -2.42. The minimum atomic E-state index is 0.773. The van der Waals surface area contributed by atoms with E-state index in [1.54, 1.807) is 0 Å². The molecule has 0 aliphatic heterocycles. The molecule has 1 aliphatic carbocycles. The van der Waals surface area contributed by atoms with Crippen LogP contribution in [0.4, 0.5) is 0 Å². The molecule has 0 spiro atoms. The van der Waals surface area contributed by atoms with Crippen LogP contribution in [0.5, 0.6) is 0 Å². The molecule has 1 saturated carbocycles. The van der Waals surface area contributed by atoms with Gasteiger partial charge in [-0.25, -0.2) is 0 Å². The molecule has 1 nitrogen and oxygen atoms in total. The first-order valence-corrected chi connectivity index (χ1v) is 7.17. The molecule has 0 saturated heterocycles. The van der Waals surface area contributed by atoms with Crippen molar-refractivity contribution in [1.29, 1.82) is 0 Å². The van der Waals surface area contributed by atoms with Gasteiger partial charge in [-0.1, -0.05) is 13.8 Å². The Hall–Kier alpha value is -0.340. The van der Waals surface area contributed by atoms with Crippen molar-refractivity contribution >= 4 is 11.3 Å². The summed E-state index contributed by atoms with van der Waals surface area (Å²) in [7, 11) is 0. The van der Waals surface area contributed by atoms with Crippen molar-refractivity contribution in [3.05, 3.63) is 21.4 Å². The second-order valence-electron chi connectivity index (χ2n) is 5.51. The Morgan fingerprint density at radius 2 is 2.06 bits per heavy atom. The summed E-state index contributed by atoms with van der Waals surface area (Å²) in [5, 5.41) is 3.67. The first-order chi connectivity index (χ1) is 7.56. The van der Waals surface area contributed by atoms with Crippen molar-refractivity contribution in [3.8, 4) is 0 Å². The van der Waals surface area contributed by atoms with Crippen LogP contribution < -0.4 is 5.32 Å². The van der Waals surface area contributed by atoms with Crippen molar-refractivity contribution in [3.63, 3.8) is 0 Å². The van der Waals surface area contributed by atoms with E-state index in [2.05, 4.69) is 39.1 Å². The van der Waals surface area contributed by atoms with Crippen LogP contribution in [0.1, 0.15) is 42.0 Å². The zero-order chi connectivity index (χ0) is 11.7. The lowest BCUT2D eigenvalue weighted by molar-refractivity contribution is 0.168. The first-order valence-electron chi connectivity index (χ1n) is 6.35. The van der Waals surface area contributed by atoms with E-state index >= 15 is 0 Å². The van der Waals surface area contributed by atoms with Crippen LogP contribution in [0.25, 0.3) is 0 Å². The van der Waals surface area contributed by atoms with Gasteiger partial charge >= 0.3 is 0 Å². The standard InChI is InChI=1S/C14H23NS/c1-9(2)12-6-13(7-12)15-8-14-5-10(3)11(4)16-14/h5,9,12-13,15H,6-8H2,1-4H3. The molecule has 0 atom stereocenters. The number of aryl methyl sites for hydroxylation is 2. The lowest BCUT2D eigenvalue weighted by atomic mass is 9.74. The Kier molecular flexibility index (Phi) is 3.70. The third kappa shape index (κ3) is 2.67. The maximum atomic E-state index is 3.67. The first kappa shape index (κ1) is 12.1. The van der Waals surface area contributed by atoms with Gasteiger partial charge in [0, 0.05) is 22.3 Å². The van der Waals surface area contributed by atoms with Crippen LogP contribution in [0.3, 0.4) is 0 Å². The molecule has 90 valence electrons. The van der Waals surface area contributed by atoms with Gasteiger partial charge in [-0.05, 0) is 50.2 Å². The minimum Gasteiger partial charge on any atom is -0.309 e. The molecule has 0 unspecified atom stereocenters. The van der Waals surface area contributed by atoms with E-state index in [0.29, 0.717) is 0 Å². The molecule has 16 heavy (non-hydrogen) atoms. The Balaban J connectivity index is 1.73. The van der Waals surface area contributed by atoms with Gasteiger partial charge in [0.15, 0.2) is 0 Å². The fraction of sp³-hybridized carbons (Fsp3) is 0.714. The molecular formula is C14H23NS. The van der Waals surface area contributed by atoms with Crippen molar-refractivity contribution in [2.45, 2.75) is 53.1 Å². The maximum absolute atomic E-state index is 3.67. The van der Waals surface area contributed by atoms with Crippen molar-refractivity contribution in [1.82, 2.24) is 5.32 Å². The highest BCUT2D eigenvalue weighted by atomic mass is 32.1. The number of rotatable bonds is 4. The molecule has 0 bridgehead atoms. The van der Waals surface area contributed by atoms with Crippen LogP contribution in [0.15, 0.2) is 6.07 Å². The molecule has 2 heteroatoms. The third-order valence-electron chi connectivity index (χ3n) is 3.90. The lowest BCUT2D eigenvalue weighted by Gasteiger charge is -2.38. The van der Waals surface area contributed by atoms with Crippen molar-refractivity contribution in [2.24, 2.45) is 11.8 Å². The molecule has 1 N–H and O–H groups in total. The molecule has 0 amide bonds. The van der Waals surface area contributed by atoms with Crippen LogP contribution in [-0.2, 0) is 6.54 Å². The summed E-state index contributed by atoms with van der Waals surface area (Å²) in [6.07, 6.45) is 2.75. The predicted octanol–water partition coefficient (Wildman–Crippen LogP) is 3.89. The number of hydrogen-bond donors (Lipinski definition) is 1. The van der Waals surface area contributed by atoms with Crippen LogP contribution in [0, 0.1) is 25.7 Å². The van der Waals surface area contributed by atoms with E-state index in [0.717, 1.165) is 24.4 Å². The van der Waals surface area contributed by atoms with Gasteiger partial charge in [0.2, 0.25) is 0 Å². The summed E-state index contributed by atoms with van der Waals surface area (Å²) >= 11 is 1.94. The number of nitrogens with one attached hydrogen (secondary N) is 1. The van der Waals surface area contributed by atoms with E-state index in [1.165, 1.54) is 28.2 Å². The van der Waals surface area contributed by atoms with Gasteiger partial charge in [-0.15, -0.1) is 11.3 Å². The zero-order valence-electron chi connectivity index (χ0n) is 10.8. The van der Waals surface area contributed by atoms with E-state index in [9.17, 15) is 0 Å². The molecule has 1 fully saturated rings. The van der Waals surface area contributed by atoms with E-state index in [-0.39, 0.29) is 0 Å². The fourth-order valence-corrected chi connectivity index (χ4v) is 3.36. The molecule has 1 aromatic rings. The predicted molar refractivity (Wildman–Crippen MR) is 72.0 cm³/mol. The molecule has 2 rings (SSSR count). The van der Waals surface area contributed by atoms with Gasteiger partial charge in [0.1, 0.15) is 0 Å². The van der Waals surface area contributed by atoms with Crippen LogP contribution in [0.2, 0.25) is 0 Å². The molecule has 0 aromatic carbocycles. The van der Waals surface area contributed by atoms with Gasteiger partial charge < -0.3 is 5.32 Å². The van der Waals surface area contributed by atoms with E-state index in [1.807, 2.05) is 11.3 Å². The average molecular weight is 237 g/mol. The number of hydrogen-bond acceptors (Lipinski definition) is 2. The minimum absolute atomic E-state index is 0.773. The third-order valence-corrected chi connectivity index (χ3v) is 5.05. The molecule has 1 aromatic heterocycles. The van der Waals surface area contributed by atoms with Crippen LogP contribution >= 0.6 is 11.3 Å². The summed E-state index contributed by atoms with van der Waals surface area (Å²) in [6, 6.07) is 3.10. The molecule has 1 heterocycles. The second kappa shape index (κ2) is 4.89. The van der Waals surface area contributed by atoms with Crippen molar-refractivity contribution < 1.29 is 0 Å². The zero-order valence-corrected chi connectivity index (χ0v) is 11.7. The molecular weight excluding hydrogens is 214 g/mol. The Morgan fingerprint density at radius 1 is 1.38 bits per heavy atom. The highest BCUT2D eigenvalue weighted by molar-refractivity contribution is 7.12. The quantitative estimate of drug-likeness (QED) is 0.837. The highest BCUT2D eigenvalue weighted by Crippen LogP contribution is 2.33. The normalized spacial score (nSPS) is 24.8. The summed E-state index contributed by atoms with van der Waals surface area (Å²) in [5.41, 5.74) is 1.44. The second-order valence-corrected chi connectivity index (χ2v) is 6.85. The molecule has 1 aliphatic rings. The van der Waals surface area contributed by atoms with Gasteiger partial charge in [-0.2, -0.15) is 0 Å². The maximum Gasteiger partial charge on any atom is 0.0302 e. The summed E-state index contributed by atoms with van der Waals surface area (Å²) in [6.45, 7) is 10.2. The fourth-order valence-electron chi connectivity index (χ4n) is 2.35. The van der Waals surface area contributed by atoms with E-state index in [4.69, 9.17) is 0 Å². The average Bonchev–Trinajstić information content (AvgIpc) is 2.43. The summed E-state index contributed by atoms with van der Waals surface area (Å²) < 4.78 is 0.